The predicted octanol–water partition coefficient (Wildman–Crippen LogP) is 1.87. The molecule has 4 nitrogen and oxygen atoms in total. The van der Waals surface area contributed by atoms with E-state index < -0.39 is 13.0 Å². The summed E-state index contributed by atoms with van der Waals surface area (Å²) in [6.07, 6.45) is 1.22. The van der Waals surface area contributed by atoms with E-state index in [2.05, 4.69) is 10.6 Å². The second kappa shape index (κ2) is 6.83. The number of halogens is 2. The minimum absolute atomic E-state index is 0.0326. The van der Waals surface area contributed by atoms with E-state index in [0.29, 0.717) is 11.6 Å². The summed E-state index contributed by atoms with van der Waals surface area (Å²) in [7, 11) is 0. The highest BCUT2D eigenvalue weighted by Gasteiger charge is 2.23. The van der Waals surface area contributed by atoms with Crippen molar-refractivity contribution in [1.29, 1.82) is 0 Å². The molecule has 0 spiro atoms. The van der Waals surface area contributed by atoms with E-state index in [4.69, 9.17) is 0 Å². The van der Waals surface area contributed by atoms with Gasteiger partial charge >= 0.3 is 0 Å². The molecule has 6 heteroatoms. The number of amides is 1. The number of rotatable bonds is 5. The number of aromatic nitrogens is 1. The summed E-state index contributed by atoms with van der Waals surface area (Å²) < 4.78 is 26.2. The predicted molar refractivity (Wildman–Crippen MR) is 73.0 cm³/mol. The van der Waals surface area contributed by atoms with Gasteiger partial charge in [-0.05, 0) is 50.9 Å². The van der Waals surface area contributed by atoms with E-state index in [1.54, 1.807) is 12.1 Å². The molecule has 0 radical (unpaired) electrons. The van der Waals surface area contributed by atoms with Crippen LogP contribution in [0.2, 0.25) is 0 Å². The summed E-state index contributed by atoms with van der Waals surface area (Å²) >= 11 is 0. The Morgan fingerprint density at radius 1 is 1.60 bits per heavy atom. The van der Waals surface area contributed by atoms with Gasteiger partial charge in [0, 0.05) is 12.2 Å². The van der Waals surface area contributed by atoms with Crippen molar-refractivity contribution in [1.82, 2.24) is 15.2 Å². The molecule has 0 saturated carbocycles. The summed E-state index contributed by atoms with van der Waals surface area (Å²) in [4.78, 5) is 12.2. The average molecular weight is 285 g/mol. The number of nitrogens with zero attached hydrogens (tertiary/aromatic N) is 1. The molecule has 2 atom stereocenters. The quantitative estimate of drug-likeness (QED) is 0.867. The van der Waals surface area contributed by atoms with Gasteiger partial charge in [-0.25, -0.2) is 8.78 Å². The van der Waals surface area contributed by atoms with E-state index in [1.807, 2.05) is 6.92 Å². The van der Waals surface area contributed by atoms with Crippen molar-refractivity contribution in [2.24, 2.45) is 5.92 Å². The van der Waals surface area contributed by atoms with Crippen LogP contribution in [-0.2, 0) is 6.54 Å². The summed E-state index contributed by atoms with van der Waals surface area (Å²) in [6, 6.07) is 3.22. The van der Waals surface area contributed by atoms with E-state index in [0.717, 1.165) is 25.9 Å². The van der Waals surface area contributed by atoms with Crippen molar-refractivity contribution in [3.63, 3.8) is 0 Å². The van der Waals surface area contributed by atoms with E-state index in [9.17, 15) is 13.6 Å². The van der Waals surface area contributed by atoms with Crippen LogP contribution in [-0.4, -0.2) is 36.0 Å². The average Bonchev–Trinajstić information content (AvgIpc) is 2.87. The molecule has 1 amide bonds. The molecule has 20 heavy (non-hydrogen) atoms. The van der Waals surface area contributed by atoms with Crippen molar-refractivity contribution in [2.75, 3.05) is 13.1 Å². The largest absolute Gasteiger partial charge is 0.348 e. The van der Waals surface area contributed by atoms with Crippen LogP contribution in [0.3, 0.4) is 0 Å². The number of carbonyl (C=O) groups is 1. The first-order valence-corrected chi connectivity index (χ1v) is 7.03. The van der Waals surface area contributed by atoms with Crippen molar-refractivity contribution in [2.45, 2.75) is 38.8 Å². The Morgan fingerprint density at radius 2 is 2.40 bits per heavy atom. The Morgan fingerprint density at radius 3 is 3.05 bits per heavy atom. The Hall–Kier alpha value is -1.43. The molecular weight excluding hydrogens is 264 g/mol. The molecule has 2 heterocycles. The van der Waals surface area contributed by atoms with E-state index >= 15 is 0 Å². The third-order valence-corrected chi connectivity index (χ3v) is 3.80. The van der Waals surface area contributed by atoms with Crippen LogP contribution in [0.25, 0.3) is 0 Å². The van der Waals surface area contributed by atoms with Gasteiger partial charge in [-0.3, -0.25) is 4.79 Å². The maximum atomic E-state index is 12.4. The molecule has 2 rings (SSSR count). The standard InChI is InChI=1S/C14H21F2N3O/c1-10(11-4-2-6-17-8-11)18-14(20)12-5-3-7-19(12)9-13(15)16/h3,5,7,10-11,13,17H,2,4,6,8-9H2,1H3,(H,18,20). The van der Waals surface area contributed by atoms with Crippen LogP contribution >= 0.6 is 0 Å². The van der Waals surface area contributed by atoms with Gasteiger partial charge in [0.2, 0.25) is 0 Å². The minimum Gasteiger partial charge on any atom is -0.348 e. The van der Waals surface area contributed by atoms with Crippen LogP contribution in [0, 0.1) is 5.92 Å². The molecule has 1 aliphatic rings. The van der Waals surface area contributed by atoms with Gasteiger partial charge in [0.25, 0.3) is 12.3 Å². The fraction of sp³-hybridized carbons (Fsp3) is 0.643. The monoisotopic (exact) mass is 285 g/mol. The van der Waals surface area contributed by atoms with Gasteiger partial charge in [0.15, 0.2) is 0 Å². The summed E-state index contributed by atoms with van der Waals surface area (Å²) in [5.41, 5.74) is 0.293. The van der Waals surface area contributed by atoms with Crippen molar-refractivity contribution < 1.29 is 13.6 Å². The zero-order valence-corrected chi connectivity index (χ0v) is 11.6. The number of piperidine rings is 1. The first-order valence-electron chi connectivity index (χ1n) is 7.03. The van der Waals surface area contributed by atoms with E-state index in [-0.39, 0.29) is 11.9 Å². The van der Waals surface area contributed by atoms with Crippen molar-refractivity contribution >= 4 is 5.91 Å². The highest BCUT2D eigenvalue weighted by molar-refractivity contribution is 5.92. The highest BCUT2D eigenvalue weighted by Crippen LogP contribution is 2.15. The molecule has 2 unspecified atom stereocenters. The van der Waals surface area contributed by atoms with Gasteiger partial charge in [0.05, 0.1) is 6.54 Å². The van der Waals surface area contributed by atoms with Gasteiger partial charge in [0.1, 0.15) is 5.69 Å². The second-order valence-corrected chi connectivity index (χ2v) is 5.31. The Balaban J connectivity index is 1.95. The van der Waals surface area contributed by atoms with Crippen LogP contribution in [0.15, 0.2) is 18.3 Å². The lowest BCUT2D eigenvalue weighted by atomic mass is 9.93. The number of hydrogen-bond acceptors (Lipinski definition) is 2. The SMILES string of the molecule is CC(NC(=O)c1cccn1CC(F)F)C1CCCNC1. The molecular formula is C14H21F2N3O. The molecule has 1 aromatic rings. The normalized spacial score (nSPS) is 20.9. The minimum atomic E-state index is -2.46. The number of carbonyl (C=O) groups excluding carboxylic acids is 1. The van der Waals surface area contributed by atoms with Gasteiger partial charge in [-0.2, -0.15) is 0 Å². The lowest BCUT2D eigenvalue weighted by Crippen LogP contribution is -2.45. The van der Waals surface area contributed by atoms with Crippen LogP contribution in [0.1, 0.15) is 30.3 Å². The van der Waals surface area contributed by atoms with Gasteiger partial charge in [-0.15, -0.1) is 0 Å². The molecule has 0 bridgehead atoms. The Labute approximate surface area is 117 Å². The molecule has 2 N–H and O–H groups in total. The van der Waals surface area contributed by atoms with Crippen molar-refractivity contribution in [3.8, 4) is 0 Å². The maximum absolute atomic E-state index is 12.4. The fourth-order valence-corrected chi connectivity index (χ4v) is 2.63. The first-order chi connectivity index (χ1) is 9.58. The van der Waals surface area contributed by atoms with Gasteiger partial charge in [-0.1, -0.05) is 0 Å². The molecule has 112 valence electrons. The van der Waals surface area contributed by atoms with Crippen LogP contribution < -0.4 is 10.6 Å². The first kappa shape index (κ1) is 15.0. The van der Waals surface area contributed by atoms with Crippen molar-refractivity contribution in [3.05, 3.63) is 24.0 Å². The smallest absolute Gasteiger partial charge is 0.268 e. The van der Waals surface area contributed by atoms with Crippen LogP contribution in [0.4, 0.5) is 8.78 Å². The number of hydrogen-bond donors (Lipinski definition) is 2. The zero-order valence-electron chi connectivity index (χ0n) is 11.6. The van der Waals surface area contributed by atoms with E-state index in [1.165, 1.54) is 10.8 Å². The van der Waals surface area contributed by atoms with Crippen LogP contribution in [0.5, 0.6) is 0 Å². The number of nitrogens with one attached hydrogen (secondary N) is 2. The number of alkyl halides is 2. The molecule has 0 aliphatic carbocycles. The highest BCUT2D eigenvalue weighted by atomic mass is 19.3. The Bertz CT molecular complexity index is 441. The zero-order chi connectivity index (χ0) is 14.5. The summed E-state index contributed by atoms with van der Waals surface area (Å²) in [6.45, 7) is 3.43. The second-order valence-electron chi connectivity index (χ2n) is 5.31. The summed E-state index contributed by atoms with van der Waals surface area (Å²) in [5.74, 6) is 0.111. The van der Waals surface area contributed by atoms with Gasteiger partial charge < -0.3 is 15.2 Å². The topological polar surface area (TPSA) is 46.1 Å². The molecule has 1 saturated heterocycles. The Kier molecular flexibility index (Phi) is 5.11. The third kappa shape index (κ3) is 3.79. The lowest BCUT2D eigenvalue weighted by Gasteiger charge is -2.29. The fourth-order valence-electron chi connectivity index (χ4n) is 2.63. The molecule has 0 aromatic carbocycles. The third-order valence-electron chi connectivity index (χ3n) is 3.80. The maximum Gasteiger partial charge on any atom is 0.268 e. The summed E-state index contributed by atoms with van der Waals surface area (Å²) in [5, 5.41) is 6.23. The lowest BCUT2D eigenvalue weighted by molar-refractivity contribution is 0.0900. The molecule has 1 fully saturated rings. The molecule has 1 aromatic heterocycles. The molecule has 1 aliphatic heterocycles.